The Morgan fingerprint density at radius 1 is 1.04 bits per heavy atom. The van der Waals surface area contributed by atoms with E-state index in [1.165, 1.54) is 6.92 Å². The lowest BCUT2D eigenvalue weighted by Crippen LogP contribution is -2.49. The number of nitrogens with zero attached hydrogens (tertiary/aromatic N) is 3. The Balaban J connectivity index is 1.62. The van der Waals surface area contributed by atoms with E-state index in [1.54, 1.807) is 0 Å². The van der Waals surface area contributed by atoms with E-state index in [2.05, 4.69) is 58.2 Å². The molecule has 0 radical (unpaired) electrons. The Morgan fingerprint density at radius 2 is 1.69 bits per heavy atom. The zero-order valence-corrected chi connectivity index (χ0v) is 15.9. The minimum atomic E-state index is -0.0110. The van der Waals surface area contributed by atoms with E-state index in [1.807, 2.05) is 18.3 Å². The fourth-order valence-electron chi connectivity index (χ4n) is 3.25. The number of carbonyl (C=O) groups is 1. The topological polar surface area (TPSA) is 48.5 Å². The number of benzene rings is 1. The van der Waals surface area contributed by atoms with E-state index < -0.39 is 0 Å². The molecule has 1 aliphatic heterocycles. The maximum atomic E-state index is 11.0. The van der Waals surface area contributed by atoms with E-state index in [0.29, 0.717) is 12.6 Å². The van der Waals surface area contributed by atoms with Crippen LogP contribution in [0.15, 0.2) is 42.6 Å². The molecule has 0 saturated carbocycles. The molecule has 5 heteroatoms. The number of amides is 1. The Bertz CT molecular complexity index is 717. The zero-order valence-electron chi connectivity index (χ0n) is 15.9. The lowest BCUT2D eigenvalue weighted by molar-refractivity contribution is -0.119. The summed E-state index contributed by atoms with van der Waals surface area (Å²) in [5, 5.41) is 2.81. The number of aromatic nitrogens is 1. The molecule has 2 heterocycles. The maximum Gasteiger partial charge on any atom is 0.217 e. The molecule has 0 unspecified atom stereocenters. The van der Waals surface area contributed by atoms with E-state index >= 15 is 0 Å². The molecular formula is C21H28N4O. The molecule has 0 aliphatic carbocycles. The predicted octanol–water partition coefficient (Wildman–Crippen LogP) is 2.92. The number of anilines is 1. The molecule has 1 saturated heterocycles. The lowest BCUT2D eigenvalue weighted by atomic mass is 10.1. The van der Waals surface area contributed by atoms with Crippen LogP contribution in [0, 0.1) is 0 Å². The van der Waals surface area contributed by atoms with Gasteiger partial charge in [-0.15, -0.1) is 0 Å². The molecule has 3 rings (SSSR count). The summed E-state index contributed by atoms with van der Waals surface area (Å²) in [7, 11) is 0. The van der Waals surface area contributed by atoms with Crippen molar-refractivity contribution in [2.75, 3.05) is 31.1 Å². The first-order chi connectivity index (χ1) is 12.5. The second-order valence-corrected chi connectivity index (χ2v) is 7.13. The molecule has 138 valence electrons. The van der Waals surface area contributed by atoms with E-state index in [9.17, 15) is 4.79 Å². The fraction of sp³-hybridized carbons (Fsp3) is 0.429. The van der Waals surface area contributed by atoms with E-state index in [-0.39, 0.29) is 5.91 Å². The first kappa shape index (κ1) is 18.4. The molecule has 1 aliphatic rings. The lowest BCUT2D eigenvalue weighted by Gasteiger charge is -2.37. The molecule has 2 aromatic rings. The van der Waals surface area contributed by atoms with Gasteiger partial charge in [-0.25, -0.2) is 4.98 Å². The average molecular weight is 352 g/mol. The van der Waals surface area contributed by atoms with Crippen molar-refractivity contribution in [1.82, 2.24) is 15.2 Å². The third-order valence-electron chi connectivity index (χ3n) is 4.95. The number of pyridine rings is 1. The molecule has 0 bridgehead atoms. The minimum absolute atomic E-state index is 0.0110. The fourth-order valence-corrected chi connectivity index (χ4v) is 3.25. The normalized spacial score (nSPS) is 15.3. The summed E-state index contributed by atoms with van der Waals surface area (Å²) in [5.41, 5.74) is 3.34. The first-order valence-corrected chi connectivity index (χ1v) is 9.32. The minimum Gasteiger partial charge on any atom is -0.354 e. The Morgan fingerprint density at radius 3 is 2.23 bits per heavy atom. The summed E-state index contributed by atoms with van der Waals surface area (Å²) < 4.78 is 0. The molecule has 26 heavy (non-hydrogen) atoms. The molecule has 0 atom stereocenters. The van der Waals surface area contributed by atoms with Crippen LogP contribution in [0.5, 0.6) is 0 Å². The maximum absolute atomic E-state index is 11.0. The van der Waals surface area contributed by atoms with Gasteiger partial charge in [-0.2, -0.15) is 0 Å². The molecule has 1 aromatic carbocycles. The van der Waals surface area contributed by atoms with Gasteiger partial charge < -0.3 is 10.2 Å². The molecule has 1 N–H and O–H groups in total. The van der Waals surface area contributed by atoms with Gasteiger partial charge in [-0.1, -0.05) is 24.3 Å². The molecule has 1 aromatic heterocycles. The number of hydrogen-bond donors (Lipinski definition) is 1. The van der Waals surface area contributed by atoms with Crippen LogP contribution >= 0.6 is 0 Å². The van der Waals surface area contributed by atoms with Gasteiger partial charge in [0.25, 0.3) is 0 Å². The van der Waals surface area contributed by atoms with Crippen molar-refractivity contribution < 1.29 is 4.79 Å². The third-order valence-corrected chi connectivity index (χ3v) is 4.95. The van der Waals surface area contributed by atoms with Crippen LogP contribution in [0.25, 0.3) is 11.1 Å². The van der Waals surface area contributed by atoms with Crippen LogP contribution in [-0.2, 0) is 11.3 Å². The standard InChI is InChI=1S/C21H28N4O/c1-16(2)24-10-12-25(13-11-24)21-9-8-20(15-23-21)19-6-4-18(5-7-19)14-22-17(3)26/h4-9,15-16H,10-14H2,1-3H3,(H,22,26). The average Bonchev–Trinajstić information content (AvgIpc) is 2.67. The van der Waals surface area contributed by atoms with Crippen LogP contribution in [0.4, 0.5) is 5.82 Å². The number of nitrogens with one attached hydrogen (secondary N) is 1. The van der Waals surface area contributed by atoms with E-state index in [4.69, 9.17) is 0 Å². The number of piperazine rings is 1. The van der Waals surface area contributed by atoms with Gasteiger partial charge in [-0.3, -0.25) is 9.69 Å². The van der Waals surface area contributed by atoms with Crippen molar-refractivity contribution in [1.29, 1.82) is 0 Å². The SMILES string of the molecule is CC(=O)NCc1ccc(-c2ccc(N3CCN(C(C)C)CC3)nc2)cc1. The number of carbonyl (C=O) groups excluding carboxylic acids is 1. The van der Waals surface area contributed by atoms with Crippen molar-refractivity contribution in [3.8, 4) is 11.1 Å². The van der Waals surface area contributed by atoms with Gasteiger partial charge in [0.05, 0.1) is 0 Å². The molecule has 5 nitrogen and oxygen atoms in total. The van der Waals surface area contributed by atoms with Crippen LogP contribution < -0.4 is 10.2 Å². The third kappa shape index (κ3) is 4.61. The molecule has 1 amide bonds. The van der Waals surface area contributed by atoms with Gasteiger partial charge in [0.2, 0.25) is 5.91 Å². The van der Waals surface area contributed by atoms with Crippen molar-refractivity contribution >= 4 is 11.7 Å². The molecular weight excluding hydrogens is 324 g/mol. The molecule has 0 spiro atoms. The summed E-state index contributed by atoms with van der Waals surface area (Å²) in [6.45, 7) is 10.9. The van der Waals surface area contributed by atoms with Crippen molar-refractivity contribution in [2.24, 2.45) is 0 Å². The summed E-state index contributed by atoms with van der Waals surface area (Å²) in [5.74, 6) is 1.04. The highest BCUT2D eigenvalue weighted by atomic mass is 16.1. The van der Waals surface area contributed by atoms with Crippen LogP contribution in [-0.4, -0.2) is 48.0 Å². The van der Waals surface area contributed by atoms with Gasteiger partial charge in [0.15, 0.2) is 0 Å². The Labute approximate surface area is 156 Å². The van der Waals surface area contributed by atoms with Crippen molar-refractivity contribution in [2.45, 2.75) is 33.4 Å². The predicted molar refractivity (Wildman–Crippen MR) is 106 cm³/mol. The highest BCUT2D eigenvalue weighted by molar-refractivity contribution is 5.72. The zero-order chi connectivity index (χ0) is 18.5. The number of hydrogen-bond acceptors (Lipinski definition) is 4. The van der Waals surface area contributed by atoms with Crippen LogP contribution in [0.2, 0.25) is 0 Å². The quantitative estimate of drug-likeness (QED) is 0.899. The Hall–Kier alpha value is -2.40. The van der Waals surface area contributed by atoms with Crippen molar-refractivity contribution in [3.05, 3.63) is 48.2 Å². The van der Waals surface area contributed by atoms with Crippen LogP contribution in [0.3, 0.4) is 0 Å². The van der Waals surface area contributed by atoms with Gasteiger partial charge in [0, 0.05) is 57.4 Å². The highest BCUT2D eigenvalue weighted by Crippen LogP contribution is 2.22. The Kier molecular flexibility index (Phi) is 5.89. The second kappa shape index (κ2) is 8.32. The summed E-state index contributed by atoms with van der Waals surface area (Å²) >= 11 is 0. The number of rotatable bonds is 5. The smallest absolute Gasteiger partial charge is 0.217 e. The first-order valence-electron chi connectivity index (χ1n) is 9.32. The van der Waals surface area contributed by atoms with Crippen LogP contribution in [0.1, 0.15) is 26.3 Å². The largest absolute Gasteiger partial charge is 0.354 e. The highest BCUT2D eigenvalue weighted by Gasteiger charge is 2.19. The summed E-state index contributed by atoms with van der Waals surface area (Å²) in [6, 6.07) is 13.1. The molecule has 1 fully saturated rings. The van der Waals surface area contributed by atoms with E-state index in [0.717, 1.165) is 48.7 Å². The summed E-state index contributed by atoms with van der Waals surface area (Å²) in [4.78, 5) is 20.5. The second-order valence-electron chi connectivity index (χ2n) is 7.13. The van der Waals surface area contributed by atoms with Gasteiger partial charge >= 0.3 is 0 Å². The summed E-state index contributed by atoms with van der Waals surface area (Å²) in [6.07, 6.45) is 1.95. The van der Waals surface area contributed by atoms with Gasteiger partial charge in [-0.05, 0) is 37.1 Å². The van der Waals surface area contributed by atoms with Crippen molar-refractivity contribution in [3.63, 3.8) is 0 Å². The monoisotopic (exact) mass is 352 g/mol. The van der Waals surface area contributed by atoms with Gasteiger partial charge in [0.1, 0.15) is 5.82 Å².